The van der Waals surface area contributed by atoms with Crippen molar-refractivity contribution in [2.45, 2.75) is 13.0 Å². The van der Waals surface area contributed by atoms with Gasteiger partial charge in [0.2, 0.25) is 0 Å². The number of hydrogen-bond donors (Lipinski definition) is 3. The van der Waals surface area contributed by atoms with Gasteiger partial charge >= 0.3 is 0 Å². The third kappa shape index (κ3) is 2.47. The van der Waals surface area contributed by atoms with Gasteiger partial charge in [-0.25, -0.2) is 15.8 Å². The molecule has 16 heavy (non-hydrogen) atoms. The molecule has 2 aromatic heterocycles. The quantitative estimate of drug-likeness (QED) is 0.558. The van der Waals surface area contributed by atoms with Crippen molar-refractivity contribution in [3.63, 3.8) is 0 Å². The molecule has 1 unspecified atom stereocenters. The summed E-state index contributed by atoms with van der Waals surface area (Å²) in [4.78, 5) is 8.51. The van der Waals surface area contributed by atoms with Crippen molar-refractivity contribution in [2.24, 2.45) is 5.84 Å². The molecule has 0 spiro atoms. The number of thiazole rings is 1. The number of rotatable bonds is 4. The molecule has 4 N–H and O–H groups in total. The molecule has 1 atom stereocenters. The van der Waals surface area contributed by atoms with Gasteiger partial charge in [-0.2, -0.15) is 0 Å². The van der Waals surface area contributed by atoms with Crippen molar-refractivity contribution in [1.29, 1.82) is 0 Å². The van der Waals surface area contributed by atoms with Crippen LogP contribution in [0.4, 0.5) is 11.6 Å². The highest BCUT2D eigenvalue weighted by Crippen LogP contribution is 2.20. The molecule has 84 valence electrons. The lowest BCUT2D eigenvalue weighted by atomic mass is 10.3. The topological polar surface area (TPSA) is 75.9 Å². The zero-order valence-corrected chi connectivity index (χ0v) is 9.66. The van der Waals surface area contributed by atoms with Crippen LogP contribution in [-0.2, 0) is 0 Å². The summed E-state index contributed by atoms with van der Waals surface area (Å²) >= 11 is 1.62. The number of pyridine rings is 1. The molecule has 0 aliphatic rings. The Morgan fingerprint density at radius 3 is 2.88 bits per heavy atom. The number of aromatic nitrogens is 2. The zero-order chi connectivity index (χ0) is 11.4. The molecule has 2 rings (SSSR count). The first kappa shape index (κ1) is 10.8. The van der Waals surface area contributed by atoms with Gasteiger partial charge in [-0.05, 0) is 19.1 Å². The Hall–Kier alpha value is -1.66. The van der Waals surface area contributed by atoms with Gasteiger partial charge in [-0.15, -0.1) is 11.3 Å². The molecule has 0 aromatic carbocycles. The maximum absolute atomic E-state index is 5.29. The number of nitrogens with one attached hydrogen (secondary N) is 2. The minimum absolute atomic E-state index is 0.139. The van der Waals surface area contributed by atoms with E-state index in [1.807, 2.05) is 24.4 Å². The van der Waals surface area contributed by atoms with E-state index in [4.69, 9.17) is 5.84 Å². The van der Waals surface area contributed by atoms with E-state index in [-0.39, 0.29) is 6.04 Å². The van der Waals surface area contributed by atoms with E-state index >= 15 is 0 Å². The molecule has 0 aliphatic heterocycles. The van der Waals surface area contributed by atoms with Crippen LogP contribution in [0.1, 0.15) is 18.0 Å². The zero-order valence-electron chi connectivity index (χ0n) is 8.84. The van der Waals surface area contributed by atoms with Crippen molar-refractivity contribution in [3.05, 3.63) is 34.8 Å². The summed E-state index contributed by atoms with van der Waals surface area (Å²) in [5.41, 5.74) is 2.51. The summed E-state index contributed by atoms with van der Waals surface area (Å²) in [7, 11) is 0. The van der Waals surface area contributed by atoms with Crippen molar-refractivity contribution in [2.75, 3.05) is 10.7 Å². The predicted molar refractivity (Wildman–Crippen MR) is 66.2 cm³/mol. The smallest absolute Gasteiger partial charge is 0.142 e. The normalized spacial score (nSPS) is 12.1. The van der Waals surface area contributed by atoms with Crippen LogP contribution < -0.4 is 16.6 Å². The van der Waals surface area contributed by atoms with Gasteiger partial charge in [0.05, 0.1) is 6.04 Å². The van der Waals surface area contributed by atoms with Gasteiger partial charge in [0.25, 0.3) is 0 Å². The molecule has 5 nitrogen and oxygen atoms in total. The van der Waals surface area contributed by atoms with E-state index in [1.165, 1.54) is 0 Å². The molecular formula is C10H13N5S. The van der Waals surface area contributed by atoms with Crippen molar-refractivity contribution in [1.82, 2.24) is 9.97 Å². The number of anilines is 2. The van der Waals surface area contributed by atoms with E-state index in [0.29, 0.717) is 5.82 Å². The van der Waals surface area contributed by atoms with Crippen molar-refractivity contribution < 1.29 is 0 Å². The predicted octanol–water partition coefficient (Wildman–Crippen LogP) is 2.00. The lowest BCUT2D eigenvalue weighted by Gasteiger charge is -2.12. The maximum Gasteiger partial charge on any atom is 0.142 e. The molecule has 0 saturated carbocycles. The van der Waals surface area contributed by atoms with Gasteiger partial charge in [-0.3, -0.25) is 0 Å². The molecule has 2 heterocycles. The Bertz CT molecular complexity index is 442. The summed E-state index contributed by atoms with van der Waals surface area (Å²) in [6.07, 6.45) is 1.80. The molecular weight excluding hydrogens is 222 g/mol. The van der Waals surface area contributed by atoms with E-state index in [2.05, 4.69) is 20.7 Å². The first-order valence-electron chi connectivity index (χ1n) is 4.89. The molecule has 0 fully saturated rings. The second-order valence-corrected chi connectivity index (χ2v) is 4.21. The fraction of sp³-hybridized carbons (Fsp3) is 0.200. The average Bonchev–Trinajstić information content (AvgIpc) is 2.83. The standard InChI is InChI=1S/C10H13N5S/c1-7(10-12-5-6-16-10)13-8-3-2-4-9(14-8)15-11/h2-7H,11H2,1H3,(H2,13,14,15). The summed E-state index contributed by atoms with van der Waals surface area (Å²) < 4.78 is 0. The second-order valence-electron chi connectivity index (χ2n) is 3.29. The number of hydrazine groups is 1. The molecule has 2 aromatic rings. The van der Waals surface area contributed by atoms with Crippen LogP contribution in [0.25, 0.3) is 0 Å². The van der Waals surface area contributed by atoms with Crippen LogP contribution in [0.15, 0.2) is 29.8 Å². The Balaban J connectivity index is 2.08. The summed E-state index contributed by atoms with van der Waals surface area (Å²) in [6, 6.07) is 5.73. The van der Waals surface area contributed by atoms with Crippen LogP contribution in [0.5, 0.6) is 0 Å². The molecule has 0 saturated heterocycles. The molecule has 0 bridgehead atoms. The van der Waals surface area contributed by atoms with E-state index < -0.39 is 0 Å². The van der Waals surface area contributed by atoms with Crippen LogP contribution in [0, 0.1) is 0 Å². The van der Waals surface area contributed by atoms with E-state index in [1.54, 1.807) is 23.6 Å². The van der Waals surface area contributed by atoms with Gasteiger partial charge in [0, 0.05) is 11.6 Å². The monoisotopic (exact) mass is 235 g/mol. The first-order valence-corrected chi connectivity index (χ1v) is 5.77. The van der Waals surface area contributed by atoms with Crippen LogP contribution in [0.2, 0.25) is 0 Å². The average molecular weight is 235 g/mol. The SMILES string of the molecule is CC(Nc1cccc(NN)n1)c1nccs1. The van der Waals surface area contributed by atoms with Gasteiger partial charge in [0.15, 0.2) is 0 Å². The van der Waals surface area contributed by atoms with E-state index in [0.717, 1.165) is 10.8 Å². The Kier molecular flexibility index (Phi) is 3.33. The number of nitrogens with zero attached hydrogens (tertiary/aromatic N) is 2. The highest BCUT2D eigenvalue weighted by Gasteiger charge is 2.08. The summed E-state index contributed by atoms with van der Waals surface area (Å²) in [5.74, 6) is 6.71. The third-order valence-electron chi connectivity index (χ3n) is 2.08. The Morgan fingerprint density at radius 2 is 2.19 bits per heavy atom. The fourth-order valence-electron chi connectivity index (χ4n) is 1.33. The van der Waals surface area contributed by atoms with Crippen molar-refractivity contribution >= 4 is 23.0 Å². The third-order valence-corrected chi connectivity index (χ3v) is 3.04. The van der Waals surface area contributed by atoms with Gasteiger partial charge < -0.3 is 10.7 Å². The summed E-state index contributed by atoms with van der Waals surface area (Å²) in [6.45, 7) is 2.04. The molecule has 0 radical (unpaired) electrons. The highest BCUT2D eigenvalue weighted by molar-refractivity contribution is 7.09. The number of nitrogen functional groups attached to an aromatic ring is 1. The van der Waals surface area contributed by atoms with Crippen LogP contribution >= 0.6 is 11.3 Å². The number of nitrogens with two attached hydrogens (primary N) is 1. The summed E-state index contributed by atoms with van der Waals surface area (Å²) in [5, 5.41) is 6.25. The largest absolute Gasteiger partial charge is 0.361 e. The minimum atomic E-state index is 0.139. The van der Waals surface area contributed by atoms with Gasteiger partial charge in [-0.1, -0.05) is 6.07 Å². The minimum Gasteiger partial charge on any atom is -0.361 e. The van der Waals surface area contributed by atoms with Crippen LogP contribution in [-0.4, -0.2) is 9.97 Å². The second kappa shape index (κ2) is 4.91. The van der Waals surface area contributed by atoms with E-state index in [9.17, 15) is 0 Å². The molecule has 0 aliphatic carbocycles. The fourth-order valence-corrected chi connectivity index (χ4v) is 1.97. The van der Waals surface area contributed by atoms with Crippen molar-refractivity contribution in [3.8, 4) is 0 Å². The highest BCUT2D eigenvalue weighted by atomic mass is 32.1. The van der Waals surface area contributed by atoms with Crippen LogP contribution in [0.3, 0.4) is 0 Å². The first-order chi connectivity index (χ1) is 7.79. The molecule has 0 amide bonds. The Labute approximate surface area is 97.7 Å². The maximum atomic E-state index is 5.29. The molecule has 6 heteroatoms. The lowest BCUT2D eigenvalue weighted by molar-refractivity contribution is 0.861. The number of hydrogen-bond acceptors (Lipinski definition) is 6. The van der Waals surface area contributed by atoms with Gasteiger partial charge in [0.1, 0.15) is 16.6 Å². The lowest BCUT2D eigenvalue weighted by Crippen LogP contribution is -2.11. The Morgan fingerprint density at radius 1 is 1.38 bits per heavy atom.